The van der Waals surface area contributed by atoms with Crippen LogP contribution < -0.4 is 10.1 Å². The molecule has 30 heavy (non-hydrogen) atoms. The van der Waals surface area contributed by atoms with Gasteiger partial charge in [-0.2, -0.15) is 0 Å². The van der Waals surface area contributed by atoms with Crippen LogP contribution in [0.3, 0.4) is 0 Å². The monoisotopic (exact) mass is 416 g/mol. The molecule has 5 heteroatoms. The molecule has 0 aromatic heterocycles. The van der Waals surface area contributed by atoms with Gasteiger partial charge in [0.25, 0.3) is 0 Å². The highest BCUT2D eigenvalue weighted by Gasteiger charge is 2.23. The minimum Gasteiger partial charge on any atom is -0.491 e. The van der Waals surface area contributed by atoms with E-state index in [1.165, 1.54) is 32.1 Å². The number of hydrogen-bond donors (Lipinski definition) is 3. The second-order valence-corrected chi connectivity index (χ2v) is 8.66. The topological polar surface area (TPSA) is 65.0 Å². The molecule has 1 fully saturated rings. The molecule has 0 bridgehead atoms. The fourth-order valence-corrected chi connectivity index (χ4v) is 4.20. The summed E-state index contributed by atoms with van der Waals surface area (Å²) in [5.41, 5.74) is 0.215. The SMILES string of the molecule is C=CCC(O)(CC=C)CNCc1cccc(OCC(O)CN(C)C2CCCCC2)c1. The Balaban J connectivity index is 1.76. The Labute approximate surface area is 182 Å². The van der Waals surface area contributed by atoms with E-state index in [2.05, 4.69) is 30.4 Å². The third-order valence-corrected chi connectivity index (χ3v) is 5.87. The number of hydrogen-bond acceptors (Lipinski definition) is 5. The minimum absolute atomic E-state index is 0.284. The Hall–Kier alpha value is -1.66. The Morgan fingerprint density at radius 3 is 2.60 bits per heavy atom. The Morgan fingerprint density at radius 1 is 1.23 bits per heavy atom. The average molecular weight is 417 g/mol. The van der Waals surface area contributed by atoms with Crippen LogP contribution in [-0.2, 0) is 6.54 Å². The van der Waals surface area contributed by atoms with Gasteiger partial charge in [0.05, 0.1) is 5.60 Å². The lowest BCUT2D eigenvalue weighted by Crippen LogP contribution is -2.40. The second-order valence-electron chi connectivity index (χ2n) is 8.66. The molecule has 0 aliphatic heterocycles. The average Bonchev–Trinajstić information content (AvgIpc) is 2.73. The molecule has 0 spiro atoms. The quantitative estimate of drug-likeness (QED) is 0.404. The van der Waals surface area contributed by atoms with Gasteiger partial charge >= 0.3 is 0 Å². The Kier molecular flexibility index (Phi) is 10.6. The number of nitrogens with one attached hydrogen (secondary N) is 1. The summed E-state index contributed by atoms with van der Waals surface area (Å²) in [5, 5.41) is 24.3. The standard InChI is InChI=1S/C25H40N2O3/c1-4-14-25(29,15-5-2)20-26-17-21-10-9-13-24(16-21)30-19-23(28)18-27(3)22-11-7-6-8-12-22/h4-5,9-10,13,16,22-23,26,28-29H,1-2,6-8,11-12,14-15,17-20H2,3H3. The summed E-state index contributed by atoms with van der Waals surface area (Å²) in [6.45, 7) is 9.45. The zero-order chi connectivity index (χ0) is 21.8. The number of likely N-dealkylation sites (N-methyl/N-ethyl adjacent to an activating group) is 1. The van der Waals surface area contributed by atoms with Crippen molar-refractivity contribution in [1.82, 2.24) is 10.2 Å². The van der Waals surface area contributed by atoms with Crippen LogP contribution in [0.15, 0.2) is 49.6 Å². The highest BCUT2D eigenvalue weighted by Crippen LogP contribution is 2.22. The van der Waals surface area contributed by atoms with Gasteiger partial charge in [-0.05, 0) is 50.4 Å². The van der Waals surface area contributed by atoms with Crippen LogP contribution in [0.4, 0.5) is 0 Å². The van der Waals surface area contributed by atoms with Gasteiger partial charge in [0.15, 0.2) is 0 Å². The van der Waals surface area contributed by atoms with Crippen molar-refractivity contribution in [2.45, 2.75) is 69.2 Å². The smallest absolute Gasteiger partial charge is 0.119 e. The van der Waals surface area contributed by atoms with E-state index in [9.17, 15) is 10.2 Å². The van der Waals surface area contributed by atoms with E-state index < -0.39 is 11.7 Å². The molecule has 0 saturated heterocycles. The highest BCUT2D eigenvalue weighted by molar-refractivity contribution is 5.28. The number of aliphatic hydroxyl groups is 2. The molecule has 1 aromatic carbocycles. The normalized spacial score (nSPS) is 16.4. The molecular weight excluding hydrogens is 376 g/mol. The van der Waals surface area contributed by atoms with Crippen molar-refractivity contribution in [2.24, 2.45) is 0 Å². The van der Waals surface area contributed by atoms with Crippen LogP contribution in [-0.4, -0.2) is 59.6 Å². The van der Waals surface area contributed by atoms with Crippen molar-refractivity contribution >= 4 is 0 Å². The van der Waals surface area contributed by atoms with Crippen molar-refractivity contribution in [3.63, 3.8) is 0 Å². The lowest BCUT2D eigenvalue weighted by Gasteiger charge is -2.32. The van der Waals surface area contributed by atoms with Crippen molar-refractivity contribution in [2.75, 3.05) is 26.7 Å². The third kappa shape index (κ3) is 8.60. The summed E-state index contributed by atoms with van der Waals surface area (Å²) < 4.78 is 5.84. The van der Waals surface area contributed by atoms with Gasteiger partial charge in [0.1, 0.15) is 18.5 Å². The molecule has 0 radical (unpaired) electrons. The molecule has 1 saturated carbocycles. The van der Waals surface area contributed by atoms with Crippen LogP contribution >= 0.6 is 0 Å². The molecule has 1 aliphatic rings. The molecule has 1 atom stereocenters. The summed E-state index contributed by atoms with van der Waals surface area (Å²) >= 11 is 0. The van der Waals surface area contributed by atoms with Crippen molar-refractivity contribution in [3.8, 4) is 5.75 Å². The van der Waals surface area contributed by atoms with Gasteiger partial charge < -0.3 is 25.2 Å². The Bertz CT molecular complexity index is 633. The van der Waals surface area contributed by atoms with Gasteiger partial charge in [-0.3, -0.25) is 0 Å². The van der Waals surface area contributed by atoms with E-state index in [0.717, 1.165) is 11.3 Å². The van der Waals surface area contributed by atoms with Crippen molar-refractivity contribution in [1.29, 1.82) is 0 Å². The first-order valence-electron chi connectivity index (χ1n) is 11.2. The Morgan fingerprint density at radius 2 is 1.93 bits per heavy atom. The summed E-state index contributed by atoms with van der Waals surface area (Å²) in [6.07, 6.45) is 10.4. The molecule has 168 valence electrons. The first-order chi connectivity index (χ1) is 14.5. The van der Waals surface area contributed by atoms with Gasteiger partial charge in [0, 0.05) is 25.7 Å². The zero-order valence-electron chi connectivity index (χ0n) is 18.6. The van der Waals surface area contributed by atoms with Crippen LogP contribution in [0.1, 0.15) is 50.5 Å². The highest BCUT2D eigenvalue weighted by atomic mass is 16.5. The number of benzene rings is 1. The number of nitrogens with zero attached hydrogens (tertiary/aromatic N) is 1. The maximum atomic E-state index is 10.6. The summed E-state index contributed by atoms with van der Waals surface area (Å²) in [4.78, 5) is 2.28. The number of ether oxygens (including phenoxy) is 1. The van der Waals surface area contributed by atoms with Crippen LogP contribution in [0.5, 0.6) is 5.75 Å². The lowest BCUT2D eigenvalue weighted by molar-refractivity contribution is 0.0460. The third-order valence-electron chi connectivity index (χ3n) is 5.87. The van der Waals surface area contributed by atoms with E-state index >= 15 is 0 Å². The fraction of sp³-hybridized carbons (Fsp3) is 0.600. The molecule has 0 heterocycles. The van der Waals surface area contributed by atoms with Crippen LogP contribution in [0.2, 0.25) is 0 Å². The van der Waals surface area contributed by atoms with E-state index in [1.54, 1.807) is 12.2 Å². The van der Waals surface area contributed by atoms with Crippen molar-refractivity contribution < 1.29 is 14.9 Å². The summed E-state index contributed by atoms with van der Waals surface area (Å²) in [6, 6.07) is 8.45. The second kappa shape index (κ2) is 12.9. The first-order valence-corrected chi connectivity index (χ1v) is 11.2. The molecular formula is C25H40N2O3. The van der Waals surface area contributed by atoms with E-state index in [0.29, 0.717) is 38.5 Å². The molecule has 2 rings (SSSR count). The fourth-order valence-electron chi connectivity index (χ4n) is 4.20. The lowest BCUT2D eigenvalue weighted by atomic mass is 9.94. The predicted molar refractivity (Wildman–Crippen MR) is 124 cm³/mol. The van der Waals surface area contributed by atoms with Crippen molar-refractivity contribution in [3.05, 3.63) is 55.1 Å². The van der Waals surface area contributed by atoms with Gasteiger partial charge in [-0.25, -0.2) is 0 Å². The maximum Gasteiger partial charge on any atom is 0.119 e. The van der Waals surface area contributed by atoms with Crippen LogP contribution in [0, 0.1) is 0 Å². The molecule has 1 aliphatic carbocycles. The molecule has 5 nitrogen and oxygen atoms in total. The largest absolute Gasteiger partial charge is 0.491 e. The van der Waals surface area contributed by atoms with Gasteiger partial charge in [0.2, 0.25) is 0 Å². The minimum atomic E-state index is -0.855. The number of rotatable bonds is 14. The van der Waals surface area contributed by atoms with Crippen LogP contribution in [0.25, 0.3) is 0 Å². The predicted octanol–water partition coefficient (Wildman–Crippen LogP) is 3.66. The van der Waals surface area contributed by atoms with Gasteiger partial charge in [-0.15, -0.1) is 13.2 Å². The van der Waals surface area contributed by atoms with E-state index in [1.807, 2.05) is 24.3 Å². The summed E-state index contributed by atoms with van der Waals surface area (Å²) in [7, 11) is 2.10. The summed E-state index contributed by atoms with van der Waals surface area (Å²) in [5.74, 6) is 0.751. The van der Waals surface area contributed by atoms with E-state index in [-0.39, 0.29) is 6.61 Å². The molecule has 3 N–H and O–H groups in total. The van der Waals surface area contributed by atoms with E-state index in [4.69, 9.17) is 4.74 Å². The first kappa shape index (κ1) is 24.6. The molecule has 0 amide bonds. The maximum absolute atomic E-state index is 10.6. The molecule has 1 unspecified atom stereocenters. The zero-order valence-corrected chi connectivity index (χ0v) is 18.6. The molecule has 1 aromatic rings. The number of aliphatic hydroxyl groups excluding tert-OH is 1. The van der Waals surface area contributed by atoms with Gasteiger partial charge in [-0.1, -0.05) is 43.5 Å².